The van der Waals surface area contributed by atoms with E-state index in [1.807, 2.05) is 0 Å². The van der Waals surface area contributed by atoms with Crippen LogP contribution in [-0.2, 0) is 19.1 Å². The Kier molecular flexibility index (Phi) is 8.59. The van der Waals surface area contributed by atoms with E-state index in [4.69, 9.17) is 27.9 Å². The number of benzene rings is 1. The molecule has 1 unspecified atom stereocenters. The largest absolute Gasteiger partial charge is 0.466 e. The van der Waals surface area contributed by atoms with Gasteiger partial charge in [-0.05, 0) is 50.8 Å². The average Bonchev–Trinajstić information content (AvgIpc) is 3.27. The highest BCUT2D eigenvalue weighted by atomic mass is 35.5. The molecule has 2 fully saturated rings. The zero-order valence-electron chi connectivity index (χ0n) is 18.9. The third-order valence-corrected chi connectivity index (χ3v) is 6.56. The smallest absolute Gasteiger partial charge is 0.309 e. The van der Waals surface area contributed by atoms with Crippen molar-refractivity contribution in [3.8, 4) is 0 Å². The summed E-state index contributed by atoms with van der Waals surface area (Å²) in [7, 11) is 1.57. The van der Waals surface area contributed by atoms with Crippen LogP contribution in [0.25, 0.3) is 0 Å². The standard InChI is InChI=1S/C23H29Cl2N3O5/c1-3-33-23(32)15-6-9-27(10-7-15)20(29)14-26(2)22(31)19-5-4-8-28(19)21(30)16-11-17(24)13-18(25)12-16/h11-13,15,19H,3-10,14H2,1-2H3. The van der Waals surface area contributed by atoms with Gasteiger partial charge >= 0.3 is 5.97 Å². The van der Waals surface area contributed by atoms with Crippen molar-refractivity contribution in [1.82, 2.24) is 14.7 Å². The molecule has 0 aromatic heterocycles. The fourth-order valence-electron chi connectivity index (χ4n) is 4.37. The van der Waals surface area contributed by atoms with Gasteiger partial charge in [-0.15, -0.1) is 0 Å². The second-order valence-electron chi connectivity index (χ2n) is 8.42. The van der Waals surface area contributed by atoms with Crippen LogP contribution in [0.3, 0.4) is 0 Å². The number of likely N-dealkylation sites (N-methyl/N-ethyl adjacent to an activating group) is 1. The van der Waals surface area contributed by atoms with Crippen LogP contribution in [0.5, 0.6) is 0 Å². The normalized spacial score (nSPS) is 18.8. The van der Waals surface area contributed by atoms with Crippen molar-refractivity contribution in [2.45, 2.75) is 38.6 Å². The highest BCUT2D eigenvalue weighted by Gasteiger charge is 2.37. The van der Waals surface area contributed by atoms with Gasteiger partial charge in [0.25, 0.3) is 5.91 Å². The van der Waals surface area contributed by atoms with Crippen molar-refractivity contribution in [3.05, 3.63) is 33.8 Å². The maximum atomic E-state index is 13.1. The molecule has 2 aliphatic rings. The maximum absolute atomic E-state index is 13.1. The van der Waals surface area contributed by atoms with E-state index in [-0.39, 0.29) is 36.2 Å². The Hall–Kier alpha value is -2.32. The van der Waals surface area contributed by atoms with Gasteiger partial charge in [-0.2, -0.15) is 0 Å². The topological polar surface area (TPSA) is 87.2 Å². The number of hydrogen-bond acceptors (Lipinski definition) is 5. The lowest BCUT2D eigenvalue weighted by molar-refractivity contribution is -0.151. The lowest BCUT2D eigenvalue weighted by Crippen LogP contribution is -2.50. The molecular formula is C23H29Cl2N3O5. The fourth-order valence-corrected chi connectivity index (χ4v) is 4.90. The molecule has 1 atom stereocenters. The summed E-state index contributed by atoms with van der Waals surface area (Å²) >= 11 is 12.1. The molecule has 180 valence electrons. The predicted molar refractivity (Wildman–Crippen MR) is 124 cm³/mol. The van der Waals surface area contributed by atoms with Crippen molar-refractivity contribution < 1.29 is 23.9 Å². The molecule has 3 amide bonds. The van der Waals surface area contributed by atoms with Crippen molar-refractivity contribution >= 4 is 46.9 Å². The van der Waals surface area contributed by atoms with Crippen molar-refractivity contribution in [1.29, 1.82) is 0 Å². The van der Waals surface area contributed by atoms with Crippen LogP contribution in [0.4, 0.5) is 0 Å². The third-order valence-electron chi connectivity index (χ3n) is 6.12. The first kappa shape index (κ1) is 25.3. The first-order chi connectivity index (χ1) is 15.7. The summed E-state index contributed by atoms with van der Waals surface area (Å²) in [6.45, 7) is 3.39. The monoisotopic (exact) mass is 497 g/mol. The van der Waals surface area contributed by atoms with Gasteiger partial charge in [0.1, 0.15) is 6.04 Å². The average molecular weight is 498 g/mol. The number of rotatable bonds is 6. The van der Waals surface area contributed by atoms with Crippen LogP contribution in [0, 0.1) is 5.92 Å². The van der Waals surface area contributed by atoms with Crippen LogP contribution in [-0.4, -0.2) is 84.3 Å². The second kappa shape index (κ2) is 11.2. The van der Waals surface area contributed by atoms with Crippen LogP contribution in [0.1, 0.15) is 43.0 Å². The molecule has 10 heteroatoms. The van der Waals surface area contributed by atoms with Gasteiger partial charge in [0, 0.05) is 42.3 Å². The molecule has 3 rings (SSSR count). The van der Waals surface area contributed by atoms with E-state index in [0.717, 1.165) is 0 Å². The zero-order valence-corrected chi connectivity index (χ0v) is 20.4. The number of carbonyl (C=O) groups is 4. The first-order valence-electron chi connectivity index (χ1n) is 11.2. The number of amides is 3. The molecule has 2 aliphatic heterocycles. The number of ether oxygens (including phenoxy) is 1. The molecule has 0 saturated carbocycles. The Bertz CT molecular complexity index is 897. The van der Waals surface area contributed by atoms with Gasteiger partial charge in [-0.25, -0.2) is 0 Å². The molecule has 0 radical (unpaired) electrons. The molecule has 2 saturated heterocycles. The van der Waals surface area contributed by atoms with Crippen LogP contribution < -0.4 is 0 Å². The molecule has 1 aromatic rings. The fraction of sp³-hybridized carbons (Fsp3) is 0.565. The minimum atomic E-state index is -0.636. The Morgan fingerprint density at radius 1 is 1.03 bits per heavy atom. The van der Waals surface area contributed by atoms with E-state index in [1.54, 1.807) is 24.9 Å². The van der Waals surface area contributed by atoms with Crippen LogP contribution in [0.2, 0.25) is 10.0 Å². The minimum Gasteiger partial charge on any atom is -0.466 e. The van der Waals surface area contributed by atoms with Gasteiger partial charge in [-0.1, -0.05) is 23.2 Å². The molecule has 0 aliphatic carbocycles. The first-order valence-corrected chi connectivity index (χ1v) is 11.9. The Morgan fingerprint density at radius 3 is 2.27 bits per heavy atom. The quantitative estimate of drug-likeness (QED) is 0.563. The van der Waals surface area contributed by atoms with E-state index in [0.29, 0.717) is 67.5 Å². The van der Waals surface area contributed by atoms with Crippen LogP contribution in [0.15, 0.2) is 18.2 Å². The molecule has 2 heterocycles. The lowest BCUT2D eigenvalue weighted by Gasteiger charge is -2.33. The second-order valence-corrected chi connectivity index (χ2v) is 9.29. The summed E-state index contributed by atoms with van der Waals surface area (Å²) in [6, 6.07) is 3.97. The summed E-state index contributed by atoms with van der Waals surface area (Å²) < 4.78 is 5.06. The van der Waals surface area contributed by atoms with Crippen molar-refractivity contribution in [2.75, 3.05) is 39.8 Å². The molecule has 0 N–H and O–H groups in total. The Balaban J connectivity index is 1.57. The molecule has 33 heavy (non-hydrogen) atoms. The number of likely N-dealkylation sites (tertiary alicyclic amines) is 2. The minimum absolute atomic E-state index is 0.0789. The SMILES string of the molecule is CCOC(=O)C1CCN(C(=O)CN(C)C(=O)C2CCCN2C(=O)c2cc(Cl)cc(Cl)c2)CC1. The maximum Gasteiger partial charge on any atom is 0.309 e. The van der Waals surface area contributed by atoms with Gasteiger partial charge in [-0.3, -0.25) is 19.2 Å². The summed E-state index contributed by atoms with van der Waals surface area (Å²) in [5.41, 5.74) is 0.329. The van der Waals surface area contributed by atoms with Crippen molar-refractivity contribution in [3.63, 3.8) is 0 Å². The van der Waals surface area contributed by atoms with Gasteiger partial charge in [0.05, 0.1) is 19.1 Å². The van der Waals surface area contributed by atoms with Crippen LogP contribution >= 0.6 is 23.2 Å². The Morgan fingerprint density at radius 2 is 1.67 bits per heavy atom. The van der Waals surface area contributed by atoms with E-state index in [9.17, 15) is 19.2 Å². The van der Waals surface area contributed by atoms with Gasteiger partial charge in [0.2, 0.25) is 11.8 Å². The van der Waals surface area contributed by atoms with E-state index < -0.39 is 6.04 Å². The van der Waals surface area contributed by atoms with E-state index >= 15 is 0 Å². The van der Waals surface area contributed by atoms with Crippen molar-refractivity contribution in [2.24, 2.45) is 5.92 Å². The molecular weight excluding hydrogens is 469 g/mol. The third kappa shape index (κ3) is 6.18. The Labute approximate surface area is 203 Å². The highest BCUT2D eigenvalue weighted by Crippen LogP contribution is 2.25. The highest BCUT2D eigenvalue weighted by molar-refractivity contribution is 6.35. The summed E-state index contributed by atoms with van der Waals surface area (Å²) in [6.07, 6.45) is 2.33. The summed E-state index contributed by atoms with van der Waals surface area (Å²) in [5, 5.41) is 0.699. The number of hydrogen-bond donors (Lipinski definition) is 0. The number of carbonyl (C=O) groups excluding carboxylic acids is 4. The molecule has 1 aromatic carbocycles. The predicted octanol–water partition coefficient (Wildman–Crippen LogP) is 2.86. The number of piperidine rings is 1. The molecule has 0 spiro atoms. The molecule has 0 bridgehead atoms. The van der Waals surface area contributed by atoms with E-state index in [2.05, 4.69) is 0 Å². The van der Waals surface area contributed by atoms with Gasteiger partial charge < -0.3 is 19.4 Å². The molecule has 8 nitrogen and oxygen atoms in total. The van der Waals surface area contributed by atoms with Gasteiger partial charge in [0.15, 0.2) is 0 Å². The summed E-state index contributed by atoms with van der Waals surface area (Å²) in [4.78, 5) is 55.3. The number of nitrogens with zero attached hydrogens (tertiary/aromatic N) is 3. The zero-order chi connectivity index (χ0) is 24.1. The lowest BCUT2D eigenvalue weighted by atomic mass is 9.97. The number of esters is 1. The summed E-state index contributed by atoms with van der Waals surface area (Å²) in [5.74, 6) is -1.17. The van der Waals surface area contributed by atoms with E-state index in [1.165, 1.54) is 21.9 Å². The number of halogens is 2.